The van der Waals surface area contributed by atoms with Gasteiger partial charge in [0.25, 0.3) is 0 Å². The predicted molar refractivity (Wildman–Crippen MR) is 71.7 cm³/mol. The first-order chi connectivity index (χ1) is 9.09. The molecule has 0 fully saturated rings. The fraction of sp³-hybridized carbons (Fsp3) is 0.133. The Morgan fingerprint density at radius 3 is 2.58 bits per heavy atom. The van der Waals surface area contributed by atoms with Gasteiger partial charge in [-0.25, -0.2) is 9.18 Å². The SMILES string of the molecule is Cc1ccc(Cl)c(C(=O)OCc2ccccc2)c1F. The van der Waals surface area contributed by atoms with Crippen LogP contribution in [0.3, 0.4) is 0 Å². The molecule has 2 nitrogen and oxygen atoms in total. The number of rotatable bonds is 3. The summed E-state index contributed by atoms with van der Waals surface area (Å²) in [6, 6.07) is 12.2. The smallest absolute Gasteiger partial charge is 0.343 e. The molecule has 19 heavy (non-hydrogen) atoms. The molecular weight excluding hydrogens is 267 g/mol. The molecule has 0 amide bonds. The first kappa shape index (κ1) is 13.6. The number of carbonyl (C=O) groups excluding carboxylic acids is 1. The lowest BCUT2D eigenvalue weighted by atomic mass is 10.1. The van der Waals surface area contributed by atoms with Crippen molar-refractivity contribution in [1.82, 2.24) is 0 Å². The lowest BCUT2D eigenvalue weighted by molar-refractivity contribution is 0.0467. The van der Waals surface area contributed by atoms with Gasteiger partial charge in [-0.05, 0) is 24.1 Å². The molecule has 0 N–H and O–H groups in total. The maximum Gasteiger partial charge on any atom is 0.343 e. The molecule has 0 saturated carbocycles. The molecule has 0 aliphatic carbocycles. The molecule has 0 aliphatic rings. The number of carbonyl (C=O) groups is 1. The van der Waals surface area contributed by atoms with E-state index in [-0.39, 0.29) is 17.2 Å². The summed E-state index contributed by atoms with van der Waals surface area (Å²) in [6.07, 6.45) is 0. The highest BCUT2D eigenvalue weighted by atomic mass is 35.5. The van der Waals surface area contributed by atoms with Crippen molar-refractivity contribution in [3.8, 4) is 0 Å². The van der Waals surface area contributed by atoms with E-state index in [4.69, 9.17) is 16.3 Å². The van der Waals surface area contributed by atoms with Gasteiger partial charge in [0.2, 0.25) is 0 Å². The third-order valence-corrected chi connectivity index (χ3v) is 3.02. The largest absolute Gasteiger partial charge is 0.457 e. The summed E-state index contributed by atoms with van der Waals surface area (Å²) in [7, 11) is 0. The van der Waals surface area contributed by atoms with Crippen LogP contribution in [0.2, 0.25) is 5.02 Å². The van der Waals surface area contributed by atoms with Gasteiger partial charge in [-0.15, -0.1) is 0 Å². The first-order valence-electron chi connectivity index (χ1n) is 5.75. The predicted octanol–water partition coefficient (Wildman–Crippen LogP) is 4.14. The molecule has 0 aromatic heterocycles. The molecule has 0 heterocycles. The molecule has 0 atom stereocenters. The van der Waals surface area contributed by atoms with Crippen LogP contribution < -0.4 is 0 Å². The molecule has 0 bridgehead atoms. The van der Waals surface area contributed by atoms with Crippen LogP contribution in [0.1, 0.15) is 21.5 Å². The fourth-order valence-electron chi connectivity index (χ4n) is 1.64. The van der Waals surface area contributed by atoms with E-state index in [0.29, 0.717) is 5.56 Å². The number of benzene rings is 2. The molecule has 98 valence electrons. The summed E-state index contributed by atoms with van der Waals surface area (Å²) in [5, 5.41) is 0.0566. The summed E-state index contributed by atoms with van der Waals surface area (Å²) in [6.45, 7) is 1.66. The van der Waals surface area contributed by atoms with Crippen molar-refractivity contribution in [2.45, 2.75) is 13.5 Å². The molecule has 0 spiro atoms. The molecule has 0 saturated heterocycles. The summed E-state index contributed by atoms with van der Waals surface area (Å²) in [4.78, 5) is 11.9. The van der Waals surface area contributed by atoms with Gasteiger partial charge in [0, 0.05) is 0 Å². The zero-order valence-electron chi connectivity index (χ0n) is 10.3. The van der Waals surface area contributed by atoms with Gasteiger partial charge < -0.3 is 4.74 Å². The van der Waals surface area contributed by atoms with Crippen molar-refractivity contribution in [3.63, 3.8) is 0 Å². The van der Waals surface area contributed by atoms with Crippen LogP contribution in [0.5, 0.6) is 0 Å². The van der Waals surface area contributed by atoms with Crippen molar-refractivity contribution < 1.29 is 13.9 Å². The van der Waals surface area contributed by atoms with E-state index < -0.39 is 11.8 Å². The van der Waals surface area contributed by atoms with Gasteiger partial charge in [0.1, 0.15) is 18.0 Å². The molecular formula is C15H12ClFO2. The van der Waals surface area contributed by atoms with E-state index in [1.165, 1.54) is 12.1 Å². The Labute approximate surface area is 115 Å². The van der Waals surface area contributed by atoms with Gasteiger partial charge in [0.15, 0.2) is 0 Å². The second kappa shape index (κ2) is 5.85. The second-order valence-corrected chi connectivity index (χ2v) is 4.52. The fourth-order valence-corrected chi connectivity index (χ4v) is 1.86. The molecule has 4 heteroatoms. The van der Waals surface area contributed by atoms with Crippen LogP contribution in [0, 0.1) is 12.7 Å². The Morgan fingerprint density at radius 1 is 1.21 bits per heavy atom. The average Bonchev–Trinajstić information content (AvgIpc) is 2.42. The number of hydrogen-bond donors (Lipinski definition) is 0. The Kier molecular flexibility index (Phi) is 4.17. The topological polar surface area (TPSA) is 26.3 Å². The summed E-state index contributed by atoms with van der Waals surface area (Å²) < 4.78 is 18.9. The molecule has 2 rings (SSSR count). The molecule has 0 radical (unpaired) electrons. The van der Waals surface area contributed by atoms with Crippen LogP contribution in [0.15, 0.2) is 42.5 Å². The van der Waals surface area contributed by atoms with Gasteiger partial charge in [-0.2, -0.15) is 0 Å². The van der Waals surface area contributed by atoms with Gasteiger partial charge in [0.05, 0.1) is 5.02 Å². The Bertz CT molecular complexity index is 597. The number of halogens is 2. The quantitative estimate of drug-likeness (QED) is 0.789. The maximum atomic E-state index is 13.9. The Hall–Kier alpha value is -1.87. The second-order valence-electron chi connectivity index (χ2n) is 4.11. The molecule has 2 aromatic carbocycles. The Morgan fingerprint density at radius 2 is 1.89 bits per heavy atom. The lowest BCUT2D eigenvalue weighted by Crippen LogP contribution is -2.09. The first-order valence-corrected chi connectivity index (χ1v) is 6.13. The van der Waals surface area contributed by atoms with E-state index in [9.17, 15) is 9.18 Å². The van der Waals surface area contributed by atoms with Crippen molar-refractivity contribution in [2.24, 2.45) is 0 Å². The van der Waals surface area contributed by atoms with Crippen molar-refractivity contribution in [1.29, 1.82) is 0 Å². The summed E-state index contributed by atoms with van der Waals surface area (Å²) in [5.41, 5.74) is 0.980. The molecule has 0 aliphatic heterocycles. The Balaban J connectivity index is 2.15. The van der Waals surface area contributed by atoms with E-state index in [2.05, 4.69) is 0 Å². The zero-order valence-corrected chi connectivity index (χ0v) is 11.1. The van der Waals surface area contributed by atoms with E-state index >= 15 is 0 Å². The molecule has 2 aromatic rings. The van der Waals surface area contributed by atoms with Crippen LogP contribution >= 0.6 is 11.6 Å². The average molecular weight is 279 g/mol. The van der Waals surface area contributed by atoms with Crippen LogP contribution in [0.25, 0.3) is 0 Å². The third-order valence-electron chi connectivity index (χ3n) is 2.70. The third kappa shape index (κ3) is 3.12. The molecule has 0 unspecified atom stereocenters. The van der Waals surface area contributed by atoms with Crippen LogP contribution in [-0.2, 0) is 11.3 Å². The minimum absolute atomic E-state index is 0.0566. The van der Waals surface area contributed by atoms with Crippen molar-refractivity contribution in [2.75, 3.05) is 0 Å². The maximum absolute atomic E-state index is 13.9. The van der Waals surface area contributed by atoms with Crippen molar-refractivity contribution >= 4 is 17.6 Å². The lowest BCUT2D eigenvalue weighted by Gasteiger charge is -2.08. The summed E-state index contributed by atoms with van der Waals surface area (Å²) in [5.74, 6) is -1.39. The van der Waals surface area contributed by atoms with Gasteiger partial charge in [-0.3, -0.25) is 0 Å². The number of ether oxygens (including phenoxy) is 1. The summed E-state index contributed by atoms with van der Waals surface area (Å²) >= 11 is 5.84. The number of hydrogen-bond acceptors (Lipinski definition) is 2. The van der Waals surface area contributed by atoms with Crippen molar-refractivity contribution in [3.05, 3.63) is 70.0 Å². The highest BCUT2D eigenvalue weighted by Gasteiger charge is 2.19. The number of esters is 1. The zero-order chi connectivity index (χ0) is 13.8. The normalized spacial score (nSPS) is 10.3. The minimum atomic E-state index is -0.755. The standard InChI is InChI=1S/C15H12ClFO2/c1-10-7-8-12(16)13(14(10)17)15(18)19-9-11-5-3-2-4-6-11/h2-8H,9H2,1H3. The van der Waals surface area contributed by atoms with E-state index in [1.54, 1.807) is 6.92 Å². The van der Waals surface area contributed by atoms with Crippen LogP contribution in [-0.4, -0.2) is 5.97 Å². The number of aryl methyl sites for hydroxylation is 1. The van der Waals surface area contributed by atoms with E-state index in [1.807, 2.05) is 30.3 Å². The van der Waals surface area contributed by atoms with Gasteiger partial charge >= 0.3 is 5.97 Å². The highest BCUT2D eigenvalue weighted by Crippen LogP contribution is 2.23. The van der Waals surface area contributed by atoms with Crippen LogP contribution in [0.4, 0.5) is 4.39 Å². The monoisotopic (exact) mass is 278 g/mol. The van der Waals surface area contributed by atoms with E-state index in [0.717, 1.165) is 5.56 Å². The van der Waals surface area contributed by atoms with Gasteiger partial charge in [-0.1, -0.05) is 48.0 Å². The highest BCUT2D eigenvalue weighted by molar-refractivity contribution is 6.33. The minimum Gasteiger partial charge on any atom is -0.457 e.